The minimum Gasteiger partial charge on any atom is -0.493 e. The number of ether oxygens (including phenoxy) is 3. The molecule has 0 bridgehead atoms. The van der Waals surface area contributed by atoms with E-state index < -0.39 is 5.97 Å². The predicted octanol–water partition coefficient (Wildman–Crippen LogP) is 3.32. The van der Waals surface area contributed by atoms with Gasteiger partial charge in [-0.15, -0.1) is 0 Å². The number of esters is 1. The second-order valence-corrected chi connectivity index (χ2v) is 5.27. The molecule has 0 aliphatic heterocycles. The standard InChI is InChI=1S/C15H19ClO4/c1-3-19-12-6-10(7-12)9-20-11-4-5-13(14(16)8-11)15(17)18-2/h4-5,8,10,12H,3,6-7,9H2,1-2H3. The molecule has 0 N–H and O–H groups in total. The third-order valence-corrected chi connectivity index (χ3v) is 3.74. The quantitative estimate of drug-likeness (QED) is 0.756. The lowest BCUT2D eigenvalue weighted by Crippen LogP contribution is -2.34. The molecular formula is C15H19ClO4. The van der Waals surface area contributed by atoms with Gasteiger partial charge in [0.05, 0.1) is 30.4 Å². The lowest BCUT2D eigenvalue weighted by molar-refractivity contribution is -0.0363. The van der Waals surface area contributed by atoms with Crippen molar-refractivity contribution in [1.29, 1.82) is 0 Å². The Morgan fingerprint density at radius 2 is 2.15 bits per heavy atom. The van der Waals surface area contributed by atoms with Crippen LogP contribution in [0.25, 0.3) is 0 Å². The van der Waals surface area contributed by atoms with Crippen LogP contribution >= 0.6 is 11.6 Å². The number of carbonyl (C=O) groups excluding carboxylic acids is 1. The van der Waals surface area contributed by atoms with E-state index in [1.165, 1.54) is 7.11 Å². The highest BCUT2D eigenvalue weighted by Crippen LogP contribution is 2.31. The number of hydrogen-bond donors (Lipinski definition) is 0. The van der Waals surface area contributed by atoms with Gasteiger partial charge in [-0.3, -0.25) is 0 Å². The second-order valence-electron chi connectivity index (χ2n) is 4.86. The van der Waals surface area contributed by atoms with E-state index in [-0.39, 0.29) is 0 Å². The van der Waals surface area contributed by atoms with E-state index in [9.17, 15) is 4.79 Å². The van der Waals surface area contributed by atoms with Crippen LogP contribution in [-0.4, -0.2) is 32.4 Å². The number of methoxy groups -OCH3 is 1. The maximum atomic E-state index is 11.4. The summed E-state index contributed by atoms with van der Waals surface area (Å²) in [6.07, 6.45) is 2.47. The molecule has 2 rings (SSSR count). The van der Waals surface area contributed by atoms with Crippen molar-refractivity contribution in [3.8, 4) is 5.75 Å². The van der Waals surface area contributed by atoms with Crippen LogP contribution in [0, 0.1) is 5.92 Å². The van der Waals surface area contributed by atoms with Crippen molar-refractivity contribution in [1.82, 2.24) is 0 Å². The average Bonchev–Trinajstić information content (AvgIpc) is 2.40. The van der Waals surface area contributed by atoms with Gasteiger partial charge in [0.25, 0.3) is 0 Å². The van der Waals surface area contributed by atoms with Crippen molar-refractivity contribution in [2.45, 2.75) is 25.9 Å². The predicted molar refractivity (Wildman–Crippen MR) is 76.4 cm³/mol. The SMILES string of the molecule is CCOC1CC(COc2ccc(C(=O)OC)c(Cl)c2)C1. The number of halogens is 1. The highest BCUT2D eigenvalue weighted by molar-refractivity contribution is 6.33. The highest BCUT2D eigenvalue weighted by atomic mass is 35.5. The fourth-order valence-electron chi connectivity index (χ4n) is 2.26. The number of hydrogen-bond acceptors (Lipinski definition) is 4. The number of rotatable bonds is 6. The van der Waals surface area contributed by atoms with Gasteiger partial charge >= 0.3 is 5.97 Å². The molecule has 110 valence electrons. The fourth-order valence-corrected chi connectivity index (χ4v) is 2.51. The van der Waals surface area contributed by atoms with Gasteiger partial charge in [0.15, 0.2) is 0 Å². The maximum Gasteiger partial charge on any atom is 0.339 e. The van der Waals surface area contributed by atoms with E-state index >= 15 is 0 Å². The molecule has 20 heavy (non-hydrogen) atoms. The van der Waals surface area contributed by atoms with Crippen LogP contribution in [-0.2, 0) is 9.47 Å². The van der Waals surface area contributed by atoms with E-state index in [1.807, 2.05) is 6.92 Å². The lowest BCUT2D eigenvalue weighted by Gasteiger charge is -2.34. The second kappa shape index (κ2) is 6.95. The lowest BCUT2D eigenvalue weighted by atomic mass is 9.83. The van der Waals surface area contributed by atoms with E-state index in [1.54, 1.807) is 18.2 Å². The van der Waals surface area contributed by atoms with Crippen molar-refractivity contribution >= 4 is 17.6 Å². The third-order valence-electron chi connectivity index (χ3n) is 3.43. The van der Waals surface area contributed by atoms with Gasteiger partial charge in [0, 0.05) is 6.61 Å². The highest BCUT2D eigenvalue weighted by Gasteiger charge is 2.29. The molecule has 1 aliphatic carbocycles. The monoisotopic (exact) mass is 298 g/mol. The molecule has 0 aromatic heterocycles. The average molecular weight is 299 g/mol. The minimum absolute atomic E-state index is 0.343. The molecule has 0 amide bonds. The van der Waals surface area contributed by atoms with Gasteiger partial charge in [-0.05, 0) is 43.9 Å². The molecule has 0 spiro atoms. The number of carbonyl (C=O) groups is 1. The summed E-state index contributed by atoms with van der Waals surface area (Å²) < 4.78 is 15.8. The van der Waals surface area contributed by atoms with Crippen LogP contribution in [0.4, 0.5) is 0 Å². The van der Waals surface area contributed by atoms with Crippen LogP contribution in [0.2, 0.25) is 5.02 Å². The Bertz CT molecular complexity index is 469. The van der Waals surface area contributed by atoms with Gasteiger partial charge in [-0.25, -0.2) is 4.79 Å². The molecular weight excluding hydrogens is 280 g/mol. The Morgan fingerprint density at radius 3 is 2.75 bits per heavy atom. The van der Waals surface area contributed by atoms with Gasteiger partial charge in [0.1, 0.15) is 5.75 Å². The Kier molecular flexibility index (Phi) is 5.26. The summed E-state index contributed by atoms with van der Waals surface area (Å²) in [6, 6.07) is 5.00. The van der Waals surface area contributed by atoms with Crippen molar-refractivity contribution in [3.63, 3.8) is 0 Å². The summed E-state index contributed by atoms with van der Waals surface area (Å²) in [7, 11) is 1.33. The summed E-state index contributed by atoms with van der Waals surface area (Å²) in [5.41, 5.74) is 0.349. The molecule has 1 saturated carbocycles. The zero-order chi connectivity index (χ0) is 14.5. The molecule has 1 aromatic rings. The molecule has 5 heteroatoms. The fraction of sp³-hybridized carbons (Fsp3) is 0.533. The summed E-state index contributed by atoms with van der Waals surface area (Å²) in [5, 5.41) is 0.343. The summed E-state index contributed by atoms with van der Waals surface area (Å²) >= 11 is 6.03. The molecule has 4 nitrogen and oxygen atoms in total. The molecule has 0 heterocycles. The van der Waals surface area contributed by atoms with Gasteiger partial charge in [0.2, 0.25) is 0 Å². The Morgan fingerprint density at radius 1 is 1.40 bits per heavy atom. The van der Waals surface area contributed by atoms with E-state index in [0.29, 0.717) is 35.0 Å². The van der Waals surface area contributed by atoms with Crippen LogP contribution in [0.5, 0.6) is 5.75 Å². The first-order valence-corrected chi connectivity index (χ1v) is 7.14. The van der Waals surface area contributed by atoms with Crippen molar-refractivity contribution in [3.05, 3.63) is 28.8 Å². The van der Waals surface area contributed by atoms with Crippen LogP contribution in [0.15, 0.2) is 18.2 Å². The smallest absolute Gasteiger partial charge is 0.339 e. The largest absolute Gasteiger partial charge is 0.493 e. The molecule has 0 saturated heterocycles. The molecule has 0 unspecified atom stereocenters. The molecule has 0 radical (unpaired) electrons. The van der Waals surface area contributed by atoms with Crippen molar-refractivity contribution in [2.24, 2.45) is 5.92 Å². The summed E-state index contributed by atoms with van der Waals surface area (Å²) in [6.45, 7) is 3.43. The van der Waals surface area contributed by atoms with E-state index in [4.69, 9.17) is 21.1 Å². The minimum atomic E-state index is -0.444. The zero-order valence-electron chi connectivity index (χ0n) is 11.7. The van der Waals surface area contributed by atoms with Crippen molar-refractivity contribution < 1.29 is 19.0 Å². The van der Waals surface area contributed by atoms with E-state index in [0.717, 1.165) is 19.4 Å². The maximum absolute atomic E-state index is 11.4. The third kappa shape index (κ3) is 3.64. The topological polar surface area (TPSA) is 44.8 Å². The van der Waals surface area contributed by atoms with Gasteiger partial charge in [-0.1, -0.05) is 11.6 Å². The van der Waals surface area contributed by atoms with Gasteiger partial charge < -0.3 is 14.2 Å². The van der Waals surface area contributed by atoms with Crippen molar-refractivity contribution in [2.75, 3.05) is 20.3 Å². The summed E-state index contributed by atoms with van der Waals surface area (Å²) in [5.74, 6) is 0.758. The first kappa shape index (κ1) is 15.1. The molecule has 1 aromatic carbocycles. The first-order valence-electron chi connectivity index (χ1n) is 6.76. The van der Waals surface area contributed by atoms with Crippen LogP contribution in [0.3, 0.4) is 0 Å². The zero-order valence-corrected chi connectivity index (χ0v) is 12.5. The van der Waals surface area contributed by atoms with Crippen LogP contribution < -0.4 is 4.74 Å². The van der Waals surface area contributed by atoms with Crippen LogP contribution in [0.1, 0.15) is 30.1 Å². The Labute approximate surface area is 124 Å². The molecule has 1 aliphatic rings. The van der Waals surface area contributed by atoms with E-state index in [2.05, 4.69) is 4.74 Å². The molecule has 0 atom stereocenters. The Balaban J connectivity index is 1.83. The normalized spacial score (nSPS) is 21.1. The van der Waals surface area contributed by atoms with Gasteiger partial charge in [-0.2, -0.15) is 0 Å². The first-order chi connectivity index (χ1) is 9.63. The Hall–Kier alpha value is -1.26. The number of benzene rings is 1. The molecule has 1 fully saturated rings. The summed E-state index contributed by atoms with van der Waals surface area (Å²) in [4.78, 5) is 11.4.